The minimum atomic E-state index is -0.193. The number of nitrogens with two attached hydrogens (primary N) is 4. The number of carbonyl (C=O) groups is 4. The highest BCUT2D eigenvalue weighted by Gasteiger charge is 2.16. The predicted molar refractivity (Wildman–Crippen MR) is 296 cm³/mol. The Kier molecular flexibility index (Phi) is 15.3. The van der Waals surface area contributed by atoms with Crippen molar-refractivity contribution in [1.82, 2.24) is 0 Å². The van der Waals surface area contributed by atoms with E-state index >= 15 is 0 Å². The lowest BCUT2D eigenvalue weighted by atomic mass is 9.97. The molecule has 0 saturated carbocycles. The van der Waals surface area contributed by atoms with Crippen LogP contribution in [-0.4, -0.2) is 23.1 Å². The summed E-state index contributed by atoms with van der Waals surface area (Å²) in [5, 5.41) is 0. The van der Waals surface area contributed by atoms with Gasteiger partial charge in [0.2, 0.25) is 0 Å². The van der Waals surface area contributed by atoms with E-state index in [4.69, 9.17) is 41.9 Å². The van der Waals surface area contributed by atoms with Crippen LogP contribution in [0.5, 0.6) is 46.0 Å². The Morgan fingerprint density at radius 3 is 0.632 bits per heavy atom. The van der Waals surface area contributed by atoms with Crippen molar-refractivity contribution < 1.29 is 38.1 Å². The van der Waals surface area contributed by atoms with Gasteiger partial charge in [0.25, 0.3) is 0 Å². The molecule has 8 N–H and O–H groups in total. The molecule has 0 fully saturated rings. The second kappa shape index (κ2) is 23.2. The Bertz CT molecular complexity index is 3450. The van der Waals surface area contributed by atoms with E-state index in [9.17, 15) is 19.2 Å². The molecule has 12 nitrogen and oxygen atoms in total. The van der Waals surface area contributed by atoms with Crippen LogP contribution in [0.4, 0.5) is 22.7 Å². The third-order valence-electron chi connectivity index (χ3n) is 11.6. The number of anilines is 4. The molecule has 0 aromatic heterocycles. The van der Waals surface area contributed by atoms with Gasteiger partial charge in [0.05, 0.1) is 0 Å². The molecule has 10 rings (SSSR count). The molecule has 76 heavy (non-hydrogen) atoms. The summed E-state index contributed by atoms with van der Waals surface area (Å²) in [6.07, 6.45) is 0. The minimum Gasteiger partial charge on any atom is -0.457 e. The van der Waals surface area contributed by atoms with Crippen molar-refractivity contribution in [2.45, 2.75) is 0 Å². The molecule has 0 saturated heterocycles. The third-order valence-corrected chi connectivity index (χ3v) is 11.6. The molecule has 0 aliphatic rings. The van der Waals surface area contributed by atoms with E-state index < -0.39 is 0 Å². The normalized spacial score (nSPS) is 10.5. The lowest BCUT2D eigenvalue weighted by molar-refractivity contribution is 0.102. The van der Waals surface area contributed by atoms with Crippen molar-refractivity contribution in [3.63, 3.8) is 0 Å². The first-order chi connectivity index (χ1) is 36.9. The standard InChI is InChI=1S/2C32H24N2O4/c33-25-6-2-8-29(19-25)37-27-14-10-21(11-15-27)31(35)23-4-1-5-24(18-23)32(36)22-12-16-28(17-13-22)38-30-9-3-7-26(34)20-30;33-25-3-1-5-29(19-25)37-27-15-11-23(12-16-27)31(35)21-7-9-22(10-8-21)32(36)24-13-17-28(18-14-24)38-30-6-2-4-26(34)20-30/h2*1-20H,33-34H2. The van der Waals surface area contributed by atoms with Crippen molar-refractivity contribution in [1.29, 1.82) is 0 Å². The summed E-state index contributed by atoms with van der Waals surface area (Å²) in [5.41, 5.74) is 29.4. The van der Waals surface area contributed by atoms with Crippen LogP contribution in [-0.2, 0) is 0 Å². The number of ether oxygens (including phenoxy) is 4. The molecule has 0 unspecified atom stereocenters. The molecule has 0 amide bonds. The number of hydrogen-bond acceptors (Lipinski definition) is 12. The molecule has 0 atom stereocenters. The van der Waals surface area contributed by atoms with Crippen LogP contribution in [0.25, 0.3) is 0 Å². The Balaban J connectivity index is 0.000000186. The average Bonchev–Trinajstić information content (AvgIpc) is 3.43. The van der Waals surface area contributed by atoms with Gasteiger partial charge in [-0.15, -0.1) is 0 Å². The van der Waals surface area contributed by atoms with Crippen LogP contribution >= 0.6 is 0 Å². The number of hydrogen-bond donors (Lipinski definition) is 4. The van der Waals surface area contributed by atoms with E-state index in [0.29, 0.717) is 113 Å². The Morgan fingerprint density at radius 2 is 0.408 bits per heavy atom. The molecular formula is C64H48N4O8. The van der Waals surface area contributed by atoms with Crippen molar-refractivity contribution in [3.8, 4) is 46.0 Å². The lowest BCUT2D eigenvalue weighted by Gasteiger charge is -2.09. The van der Waals surface area contributed by atoms with E-state index in [2.05, 4.69) is 0 Å². The van der Waals surface area contributed by atoms with Gasteiger partial charge >= 0.3 is 0 Å². The summed E-state index contributed by atoms with van der Waals surface area (Å²) in [6.45, 7) is 0. The maximum absolute atomic E-state index is 13.1. The molecule has 0 heterocycles. The lowest BCUT2D eigenvalue weighted by Crippen LogP contribution is -2.06. The van der Waals surface area contributed by atoms with Crippen molar-refractivity contribution in [3.05, 3.63) is 287 Å². The summed E-state index contributed by atoms with van der Waals surface area (Å²) in [5.74, 6) is 4.13. The van der Waals surface area contributed by atoms with Crippen molar-refractivity contribution in [2.75, 3.05) is 22.9 Å². The van der Waals surface area contributed by atoms with E-state index in [1.165, 1.54) is 0 Å². The second-order valence-corrected chi connectivity index (χ2v) is 17.3. The molecule has 372 valence electrons. The predicted octanol–water partition coefficient (Wildman–Crippen LogP) is 13.8. The fraction of sp³-hybridized carbons (Fsp3) is 0. The van der Waals surface area contributed by atoms with E-state index in [-0.39, 0.29) is 23.1 Å². The topological polar surface area (TPSA) is 209 Å². The van der Waals surface area contributed by atoms with Crippen LogP contribution in [0.3, 0.4) is 0 Å². The smallest absolute Gasteiger partial charge is 0.193 e. The van der Waals surface area contributed by atoms with E-state index in [0.717, 1.165) is 0 Å². The van der Waals surface area contributed by atoms with E-state index in [1.54, 1.807) is 218 Å². The van der Waals surface area contributed by atoms with Crippen LogP contribution in [0.15, 0.2) is 243 Å². The first-order valence-electron chi connectivity index (χ1n) is 23.8. The SMILES string of the molecule is Nc1cccc(Oc2ccc(C(=O)c3ccc(C(=O)c4ccc(Oc5cccc(N)c5)cc4)cc3)cc2)c1.Nc1cccc(Oc2ccc(C(=O)c3cccc(C(=O)c4ccc(Oc5cccc(N)c5)cc4)c3)cc2)c1. The summed E-state index contributed by atoms with van der Waals surface area (Å²) < 4.78 is 23.2. The number of carbonyl (C=O) groups excluding carboxylic acids is 4. The zero-order valence-corrected chi connectivity index (χ0v) is 40.7. The molecule has 0 aliphatic carbocycles. The van der Waals surface area contributed by atoms with Crippen LogP contribution in [0.1, 0.15) is 63.7 Å². The first-order valence-corrected chi connectivity index (χ1v) is 23.8. The van der Waals surface area contributed by atoms with Crippen molar-refractivity contribution in [2.24, 2.45) is 0 Å². The summed E-state index contributed by atoms with van der Waals surface area (Å²) in [6, 6.07) is 69.2. The largest absolute Gasteiger partial charge is 0.457 e. The number of nitrogen functional groups attached to an aromatic ring is 4. The highest BCUT2D eigenvalue weighted by Crippen LogP contribution is 2.29. The molecular weight excluding hydrogens is 953 g/mol. The molecule has 0 spiro atoms. The summed E-state index contributed by atoms with van der Waals surface area (Å²) >= 11 is 0. The highest BCUT2D eigenvalue weighted by molar-refractivity contribution is 6.14. The van der Waals surface area contributed by atoms with Gasteiger partial charge in [-0.1, -0.05) is 66.7 Å². The van der Waals surface area contributed by atoms with Crippen LogP contribution in [0, 0.1) is 0 Å². The molecule has 0 bridgehead atoms. The van der Waals surface area contributed by atoms with Gasteiger partial charge in [0.1, 0.15) is 46.0 Å². The maximum atomic E-state index is 13.1. The van der Waals surface area contributed by atoms with Gasteiger partial charge in [0, 0.05) is 91.5 Å². The number of benzene rings is 10. The Hall–Kier alpha value is -10.7. The Morgan fingerprint density at radius 1 is 0.211 bits per heavy atom. The fourth-order valence-electron chi connectivity index (χ4n) is 7.80. The van der Waals surface area contributed by atoms with Gasteiger partial charge in [-0.25, -0.2) is 0 Å². The maximum Gasteiger partial charge on any atom is 0.193 e. The zero-order valence-electron chi connectivity index (χ0n) is 40.7. The number of ketones is 4. The molecule has 10 aromatic rings. The summed E-state index contributed by atoms with van der Waals surface area (Å²) in [4.78, 5) is 52.2. The molecule has 0 aliphatic heterocycles. The van der Waals surface area contributed by atoms with Gasteiger partial charge in [-0.2, -0.15) is 0 Å². The molecule has 12 heteroatoms. The second-order valence-electron chi connectivity index (χ2n) is 17.3. The van der Waals surface area contributed by atoms with E-state index in [1.807, 2.05) is 24.3 Å². The van der Waals surface area contributed by atoms with Gasteiger partial charge in [-0.3, -0.25) is 19.2 Å². The minimum absolute atomic E-state index is 0.150. The van der Waals surface area contributed by atoms with Gasteiger partial charge < -0.3 is 41.9 Å². The van der Waals surface area contributed by atoms with Crippen LogP contribution < -0.4 is 41.9 Å². The van der Waals surface area contributed by atoms with Gasteiger partial charge in [-0.05, 0) is 152 Å². The average molecular weight is 1000 g/mol. The van der Waals surface area contributed by atoms with Gasteiger partial charge in [0.15, 0.2) is 23.1 Å². The van der Waals surface area contributed by atoms with Crippen LogP contribution in [0.2, 0.25) is 0 Å². The van der Waals surface area contributed by atoms with Crippen molar-refractivity contribution >= 4 is 45.9 Å². The monoisotopic (exact) mass is 1000 g/mol. The fourth-order valence-corrected chi connectivity index (χ4v) is 7.80. The summed E-state index contributed by atoms with van der Waals surface area (Å²) in [7, 11) is 0. The number of rotatable bonds is 16. The third kappa shape index (κ3) is 13.0. The first kappa shape index (κ1) is 50.2. The molecule has 10 aromatic carbocycles. The zero-order chi connectivity index (χ0) is 53.0. The highest BCUT2D eigenvalue weighted by atomic mass is 16.5. The molecule has 0 radical (unpaired) electrons. The Labute approximate surface area is 438 Å². The quantitative estimate of drug-likeness (QED) is 0.0526.